The molecule has 0 saturated carbocycles. The molecule has 0 N–H and O–H groups in total. The van der Waals surface area contributed by atoms with E-state index in [1.54, 1.807) is 23.5 Å². The maximum Gasteiger partial charge on any atom is 0.223 e. The van der Waals surface area contributed by atoms with E-state index in [0.29, 0.717) is 9.21 Å². The monoisotopic (exact) mass is 367 g/mol. The number of hydrogen-bond donors (Lipinski definition) is 0. The summed E-state index contributed by atoms with van der Waals surface area (Å²) in [7, 11) is 0. The van der Waals surface area contributed by atoms with Crippen LogP contribution >= 0.6 is 34.3 Å². The second-order valence-corrected chi connectivity index (χ2v) is 8.30. The Balaban J connectivity index is 1.63. The molecule has 2 aromatic heterocycles. The molecule has 1 amide bonds. The summed E-state index contributed by atoms with van der Waals surface area (Å²) in [6, 6.07) is 5.74. The van der Waals surface area contributed by atoms with Crippen molar-refractivity contribution in [3.05, 3.63) is 43.2 Å². The molecule has 0 aliphatic carbocycles. The highest BCUT2D eigenvalue weighted by Crippen LogP contribution is 2.35. The van der Waals surface area contributed by atoms with Crippen LogP contribution < -0.4 is 0 Å². The topological polar surface area (TPSA) is 37.4 Å². The van der Waals surface area contributed by atoms with Gasteiger partial charge in [-0.15, -0.1) is 22.7 Å². The van der Waals surface area contributed by atoms with Gasteiger partial charge in [-0.3, -0.25) is 9.59 Å². The van der Waals surface area contributed by atoms with Crippen LogP contribution in [0.5, 0.6) is 0 Å². The highest BCUT2D eigenvalue weighted by atomic mass is 35.5. The summed E-state index contributed by atoms with van der Waals surface area (Å²) in [5.41, 5.74) is 1.29. The third-order valence-corrected chi connectivity index (χ3v) is 6.48. The number of ketones is 1. The fraction of sp³-hybridized carbons (Fsp3) is 0.412. The van der Waals surface area contributed by atoms with Gasteiger partial charge in [0.2, 0.25) is 5.91 Å². The zero-order chi connectivity index (χ0) is 16.4. The first-order valence-corrected chi connectivity index (χ1v) is 9.81. The quantitative estimate of drug-likeness (QED) is 0.700. The van der Waals surface area contributed by atoms with Gasteiger partial charge in [-0.25, -0.2) is 0 Å². The van der Waals surface area contributed by atoms with E-state index in [2.05, 4.69) is 18.4 Å². The fourth-order valence-electron chi connectivity index (χ4n) is 3.09. The molecule has 0 radical (unpaired) electrons. The maximum atomic E-state index is 12.6. The van der Waals surface area contributed by atoms with E-state index in [1.165, 1.54) is 21.8 Å². The summed E-state index contributed by atoms with van der Waals surface area (Å²) < 4.78 is 0.603. The van der Waals surface area contributed by atoms with Crippen LogP contribution in [-0.2, 0) is 11.2 Å². The Morgan fingerprint density at radius 1 is 1.30 bits per heavy atom. The van der Waals surface area contributed by atoms with Gasteiger partial charge in [0.1, 0.15) is 0 Å². The summed E-state index contributed by atoms with van der Waals surface area (Å²) in [5.74, 6) is 0.0706. The highest BCUT2D eigenvalue weighted by molar-refractivity contribution is 7.18. The van der Waals surface area contributed by atoms with Gasteiger partial charge in [-0.05, 0) is 42.0 Å². The average molecular weight is 368 g/mol. The Morgan fingerprint density at radius 2 is 2.13 bits per heavy atom. The molecule has 1 atom stereocenters. The summed E-state index contributed by atoms with van der Waals surface area (Å²) in [4.78, 5) is 28.7. The largest absolute Gasteiger partial charge is 0.335 e. The predicted octanol–water partition coefficient (Wildman–Crippen LogP) is 4.96. The molecule has 1 unspecified atom stereocenters. The normalized spacial score (nSPS) is 17.1. The van der Waals surface area contributed by atoms with Gasteiger partial charge >= 0.3 is 0 Å². The number of thiophene rings is 2. The van der Waals surface area contributed by atoms with Crippen molar-refractivity contribution < 1.29 is 9.59 Å². The molecule has 0 spiro atoms. The molecule has 3 heterocycles. The minimum Gasteiger partial charge on any atom is -0.335 e. The molecule has 0 aromatic carbocycles. The van der Waals surface area contributed by atoms with Gasteiger partial charge in [0.15, 0.2) is 5.78 Å². The van der Waals surface area contributed by atoms with E-state index < -0.39 is 0 Å². The Labute approximate surface area is 148 Å². The number of amides is 1. The number of carbonyl (C=O) groups excluding carboxylic acids is 2. The van der Waals surface area contributed by atoms with E-state index in [0.717, 1.165) is 19.4 Å². The molecule has 0 saturated heterocycles. The molecule has 122 valence electrons. The van der Waals surface area contributed by atoms with Crippen LogP contribution in [0, 0.1) is 0 Å². The average Bonchev–Trinajstić information content (AvgIpc) is 3.19. The van der Waals surface area contributed by atoms with E-state index in [9.17, 15) is 9.59 Å². The zero-order valence-electron chi connectivity index (χ0n) is 12.9. The van der Waals surface area contributed by atoms with Crippen LogP contribution in [0.15, 0.2) is 23.6 Å². The third kappa shape index (κ3) is 3.52. The van der Waals surface area contributed by atoms with Gasteiger partial charge in [-0.2, -0.15) is 0 Å². The van der Waals surface area contributed by atoms with Crippen LogP contribution in [0.4, 0.5) is 0 Å². The van der Waals surface area contributed by atoms with E-state index in [1.807, 2.05) is 4.90 Å². The Kier molecular flexibility index (Phi) is 5.19. The number of nitrogens with zero attached hydrogens (tertiary/aromatic N) is 1. The first-order valence-electron chi connectivity index (χ1n) is 7.74. The first-order chi connectivity index (χ1) is 11.1. The lowest BCUT2D eigenvalue weighted by molar-refractivity contribution is -0.134. The number of rotatable bonds is 5. The SMILES string of the molecule is CCC1c2ccsc2CCN1C(=O)CCC(=O)c1ccc(Cl)s1. The van der Waals surface area contributed by atoms with Crippen molar-refractivity contribution in [2.24, 2.45) is 0 Å². The smallest absolute Gasteiger partial charge is 0.223 e. The molecular weight excluding hydrogens is 350 g/mol. The van der Waals surface area contributed by atoms with Crippen molar-refractivity contribution in [2.75, 3.05) is 6.54 Å². The van der Waals surface area contributed by atoms with Gasteiger partial charge in [0.25, 0.3) is 0 Å². The van der Waals surface area contributed by atoms with E-state index in [-0.39, 0.29) is 30.6 Å². The van der Waals surface area contributed by atoms with Crippen molar-refractivity contribution in [1.29, 1.82) is 0 Å². The predicted molar refractivity (Wildman–Crippen MR) is 95.7 cm³/mol. The number of fused-ring (bicyclic) bond motifs is 1. The molecule has 0 fully saturated rings. The number of hydrogen-bond acceptors (Lipinski definition) is 4. The third-order valence-electron chi connectivity index (χ3n) is 4.22. The van der Waals surface area contributed by atoms with Crippen LogP contribution in [0.1, 0.15) is 52.3 Å². The molecule has 3 nitrogen and oxygen atoms in total. The van der Waals surface area contributed by atoms with Crippen LogP contribution in [0.2, 0.25) is 4.34 Å². The Morgan fingerprint density at radius 3 is 2.83 bits per heavy atom. The zero-order valence-corrected chi connectivity index (χ0v) is 15.3. The van der Waals surface area contributed by atoms with Crippen molar-refractivity contribution in [3.63, 3.8) is 0 Å². The standard InChI is InChI=1S/C17H18ClNO2S2/c1-2-12-11-8-10-22-14(11)7-9-19(12)17(21)6-3-13(20)15-4-5-16(18)23-15/h4-5,8,10,12H,2-3,6-7,9H2,1H3. The van der Waals surface area contributed by atoms with Crippen molar-refractivity contribution in [1.82, 2.24) is 4.90 Å². The number of carbonyl (C=O) groups is 2. The second-order valence-electron chi connectivity index (χ2n) is 5.59. The minimum atomic E-state index is -0.00321. The summed E-state index contributed by atoms with van der Waals surface area (Å²) >= 11 is 8.90. The minimum absolute atomic E-state index is 0.00321. The van der Waals surface area contributed by atoms with Crippen LogP contribution in [0.3, 0.4) is 0 Å². The van der Waals surface area contributed by atoms with Crippen molar-refractivity contribution in [2.45, 2.75) is 38.6 Å². The molecule has 1 aliphatic rings. The molecule has 6 heteroatoms. The summed E-state index contributed by atoms with van der Waals surface area (Å²) in [6.45, 7) is 2.86. The molecule has 3 rings (SSSR count). The van der Waals surface area contributed by atoms with Gasteiger partial charge in [0.05, 0.1) is 15.3 Å². The maximum absolute atomic E-state index is 12.6. The van der Waals surface area contributed by atoms with Gasteiger partial charge in [-0.1, -0.05) is 18.5 Å². The highest BCUT2D eigenvalue weighted by Gasteiger charge is 2.30. The molecule has 0 bridgehead atoms. The van der Waals surface area contributed by atoms with Gasteiger partial charge < -0.3 is 4.90 Å². The lowest BCUT2D eigenvalue weighted by Gasteiger charge is -2.35. The second kappa shape index (κ2) is 7.16. The lowest BCUT2D eigenvalue weighted by atomic mass is 9.97. The molecule has 23 heavy (non-hydrogen) atoms. The number of halogens is 1. The van der Waals surface area contributed by atoms with Crippen molar-refractivity contribution >= 4 is 46.0 Å². The Bertz CT molecular complexity index is 722. The molecule has 2 aromatic rings. The van der Waals surface area contributed by atoms with E-state index >= 15 is 0 Å². The first kappa shape index (κ1) is 16.7. The molecule has 1 aliphatic heterocycles. The summed E-state index contributed by atoms with van der Waals surface area (Å²) in [5, 5.41) is 2.10. The van der Waals surface area contributed by atoms with Crippen LogP contribution in [0.25, 0.3) is 0 Å². The number of Topliss-reactive ketones (excluding diaryl/α,β-unsaturated/α-hetero) is 1. The van der Waals surface area contributed by atoms with E-state index in [4.69, 9.17) is 11.6 Å². The van der Waals surface area contributed by atoms with Gasteiger partial charge in [0, 0.05) is 24.3 Å². The Hall–Kier alpha value is -1.17. The summed E-state index contributed by atoms with van der Waals surface area (Å²) in [6.07, 6.45) is 2.34. The lowest BCUT2D eigenvalue weighted by Crippen LogP contribution is -2.39. The van der Waals surface area contributed by atoms with Crippen LogP contribution in [-0.4, -0.2) is 23.1 Å². The van der Waals surface area contributed by atoms with Crippen molar-refractivity contribution in [3.8, 4) is 0 Å². The molecular formula is C17H18ClNO2S2. The fourth-order valence-corrected chi connectivity index (χ4v) is 5.03.